The average molecular weight is 235 g/mol. The molecule has 2 nitrogen and oxygen atoms in total. The van der Waals surface area contributed by atoms with Crippen molar-refractivity contribution in [2.24, 2.45) is 5.92 Å². The number of nitrogens with zero attached hydrogens (tertiary/aromatic N) is 1. The van der Waals surface area contributed by atoms with Crippen molar-refractivity contribution in [2.75, 3.05) is 18.6 Å². The van der Waals surface area contributed by atoms with Crippen LogP contribution in [0.4, 0.5) is 5.69 Å². The molecule has 17 heavy (non-hydrogen) atoms. The summed E-state index contributed by atoms with van der Waals surface area (Å²) in [7, 11) is 2.16. The van der Waals surface area contributed by atoms with E-state index in [-0.39, 0.29) is 0 Å². The van der Waals surface area contributed by atoms with Gasteiger partial charge in [-0.15, -0.1) is 0 Å². The third-order valence-corrected chi connectivity index (χ3v) is 3.03. The zero-order valence-corrected chi connectivity index (χ0v) is 11.7. The fourth-order valence-corrected chi connectivity index (χ4v) is 2.04. The number of anilines is 1. The van der Waals surface area contributed by atoms with Gasteiger partial charge in [0.05, 0.1) is 6.61 Å². The quantitative estimate of drug-likeness (QED) is 0.740. The first-order valence-corrected chi connectivity index (χ1v) is 6.50. The normalized spacial score (nSPS) is 12.6. The molecule has 0 N–H and O–H groups in total. The highest BCUT2D eigenvalue weighted by molar-refractivity contribution is 5.49. The highest BCUT2D eigenvalue weighted by Crippen LogP contribution is 2.22. The molecule has 2 heteroatoms. The van der Waals surface area contributed by atoms with Crippen molar-refractivity contribution in [3.63, 3.8) is 0 Å². The Morgan fingerprint density at radius 3 is 2.18 bits per heavy atom. The van der Waals surface area contributed by atoms with E-state index >= 15 is 0 Å². The fourth-order valence-electron chi connectivity index (χ4n) is 2.04. The fraction of sp³-hybridized carbons (Fsp3) is 0.600. The molecule has 1 unspecified atom stereocenters. The van der Waals surface area contributed by atoms with E-state index in [1.165, 1.54) is 12.1 Å². The molecule has 0 spiro atoms. The molecule has 0 aromatic heterocycles. The van der Waals surface area contributed by atoms with Gasteiger partial charge in [0.2, 0.25) is 0 Å². The summed E-state index contributed by atoms with van der Waals surface area (Å²) in [6, 6.07) is 8.89. The Bertz CT molecular complexity index is 318. The molecule has 1 atom stereocenters. The second kappa shape index (κ2) is 6.53. The van der Waals surface area contributed by atoms with Crippen LogP contribution in [-0.2, 0) is 0 Å². The maximum atomic E-state index is 5.45. The average Bonchev–Trinajstić information content (AvgIpc) is 2.28. The van der Waals surface area contributed by atoms with Crippen LogP contribution in [0, 0.1) is 5.92 Å². The minimum Gasteiger partial charge on any atom is -0.494 e. The van der Waals surface area contributed by atoms with Gasteiger partial charge in [-0.2, -0.15) is 0 Å². The highest BCUT2D eigenvalue weighted by Gasteiger charge is 2.11. The molecule has 1 rings (SSSR count). The zero-order chi connectivity index (χ0) is 12.8. The van der Waals surface area contributed by atoms with Gasteiger partial charge in [-0.3, -0.25) is 0 Å². The van der Waals surface area contributed by atoms with Crippen molar-refractivity contribution >= 4 is 5.69 Å². The number of benzene rings is 1. The van der Waals surface area contributed by atoms with Gasteiger partial charge in [0.1, 0.15) is 5.75 Å². The SMILES string of the molecule is CCOc1ccc(N(C)C(C)CC(C)C)cc1. The number of ether oxygens (including phenoxy) is 1. The Kier molecular flexibility index (Phi) is 5.33. The first-order valence-electron chi connectivity index (χ1n) is 6.50. The van der Waals surface area contributed by atoms with E-state index < -0.39 is 0 Å². The van der Waals surface area contributed by atoms with Gasteiger partial charge >= 0.3 is 0 Å². The molecule has 0 heterocycles. The summed E-state index contributed by atoms with van der Waals surface area (Å²) in [5.74, 6) is 1.68. The van der Waals surface area contributed by atoms with Crippen molar-refractivity contribution in [1.29, 1.82) is 0 Å². The molecule has 0 bridgehead atoms. The van der Waals surface area contributed by atoms with E-state index in [1.54, 1.807) is 0 Å². The third kappa shape index (κ3) is 4.29. The van der Waals surface area contributed by atoms with Crippen molar-refractivity contribution < 1.29 is 4.74 Å². The molecular formula is C15H25NO. The minimum absolute atomic E-state index is 0.563. The molecule has 0 aliphatic heterocycles. The van der Waals surface area contributed by atoms with Gasteiger partial charge in [0, 0.05) is 18.8 Å². The maximum Gasteiger partial charge on any atom is 0.119 e. The molecular weight excluding hydrogens is 210 g/mol. The van der Waals surface area contributed by atoms with Crippen LogP contribution in [0.3, 0.4) is 0 Å². The Balaban J connectivity index is 2.65. The second-order valence-corrected chi connectivity index (χ2v) is 5.02. The molecule has 0 fully saturated rings. The molecule has 0 saturated heterocycles. The second-order valence-electron chi connectivity index (χ2n) is 5.02. The monoisotopic (exact) mass is 235 g/mol. The summed E-state index contributed by atoms with van der Waals surface area (Å²) >= 11 is 0. The Morgan fingerprint density at radius 1 is 1.12 bits per heavy atom. The number of hydrogen-bond donors (Lipinski definition) is 0. The van der Waals surface area contributed by atoms with Crippen molar-refractivity contribution in [2.45, 2.75) is 40.2 Å². The Labute approximate surface area is 106 Å². The van der Waals surface area contributed by atoms with E-state index in [1.807, 2.05) is 19.1 Å². The van der Waals surface area contributed by atoms with Gasteiger partial charge < -0.3 is 9.64 Å². The van der Waals surface area contributed by atoms with Crippen LogP contribution in [-0.4, -0.2) is 19.7 Å². The van der Waals surface area contributed by atoms with E-state index in [0.717, 1.165) is 18.3 Å². The molecule has 1 aromatic rings. The number of hydrogen-bond acceptors (Lipinski definition) is 2. The molecule has 0 aliphatic rings. The standard InChI is InChI=1S/C15H25NO/c1-6-17-15-9-7-14(8-10-15)16(5)13(4)11-12(2)3/h7-10,12-13H,6,11H2,1-5H3. The predicted octanol–water partition coefficient (Wildman–Crippen LogP) is 3.96. The largest absolute Gasteiger partial charge is 0.494 e. The lowest BCUT2D eigenvalue weighted by molar-refractivity contribution is 0.340. The molecule has 0 radical (unpaired) electrons. The van der Waals surface area contributed by atoms with Crippen LogP contribution in [0.2, 0.25) is 0 Å². The van der Waals surface area contributed by atoms with Crippen molar-refractivity contribution in [3.05, 3.63) is 24.3 Å². The lowest BCUT2D eigenvalue weighted by Gasteiger charge is -2.28. The van der Waals surface area contributed by atoms with E-state index in [0.29, 0.717) is 6.04 Å². The van der Waals surface area contributed by atoms with E-state index in [2.05, 4.69) is 44.9 Å². The molecule has 0 amide bonds. The van der Waals surface area contributed by atoms with Crippen LogP contribution in [0.25, 0.3) is 0 Å². The summed E-state index contributed by atoms with van der Waals surface area (Å²) < 4.78 is 5.45. The summed E-state index contributed by atoms with van der Waals surface area (Å²) in [6.45, 7) is 9.53. The molecule has 0 saturated carbocycles. The topological polar surface area (TPSA) is 12.5 Å². The Hall–Kier alpha value is -1.18. The molecule has 96 valence electrons. The minimum atomic E-state index is 0.563. The Morgan fingerprint density at radius 2 is 1.71 bits per heavy atom. The van der Waals surface area contributed by atoms with E-state index in [9.17, 15) is 0 Å². The lowest BCUT2D eigenvalue weighted by atomic mass is 10.0. The third-order valence-electron chi connectivity index (χ3n) is 3.03. The van der Waals surface area contributed by atoms with Crippen molar-refractivity contribution in [3.8, 4) is 5.75 Å². The van der Waals surface area contributed by atoms with Crippen LogP contribution in [0.1, 0.15) is 34.1 Å². The summed E-state index contributed by atoms with van der Waals surface area (Å²) in [4.78, 5) is 2.33. The van der Waals surface area contributed by atoms with Crippen LogP contribution >= 0.6 is 0 Å². The summed E-state index contributed by atoms with van der Waals surface area (Å²) in [5, 5.41) is 0. The zero-order valence-electron chi connectivity index (χ0n) is 11.7. The van der Waals surface area contributed by atoms with Gasteiger partial charge in [0.15, 0.2) is 0 Å². The predicted molar refractivity (Wildman–Crippen MR) is 74.9 cm³/mol. The van der Waals surface area contributed by atoms with Crippen LogP contribution < -0.4 is 9.64 Å². The summed E-state index contributed by atoms with van der Waals surface area (Å²) in [5.41, 5.74) is 1.25. The first kappa shape index (κ1) is 13.9. The first-order chi connectivity index (χ1) is 8.04. The smallest absolute Gasteiger partial charge is 0.119 e. The van der Waals surface area contributed by atoms with Gasteiger partial charge in [-0.25, -0.2) is 0 Å². The van der Waals surface area contributed by atoms with Gasteiger partial charge in [-0.05, 0) is 50.5 Å². The van der Waals surface area contributed by atoms with Crippen LogP contribution in [0.15, 0.2) is 24.3 Å². The van der Waals surface area contributed by atoms with E-state index in [4.69, 9.17) is 4.74 Å². The molecule has 0 aliphatic carbocycles. The van der Waals surface area contributed by atoms with Gasteiger partial charge in [-0.1, -0.05) is 13.8 Å². The van der Waals surface area contributed by atoms with Crippen molar-refractivity contribution in [1.82, 2.24) is 0 Å². The van der Waals surface area contributed by atoms with Gasteiger partial charge in [0.25, 0.3) is 0 Å². The summed E-state index contributed by atoms with van der Waals surface area (Å²) in [6.07, 6.45) is 1.21. The highest BCUT2D eigenvalue weighted by atomic mass is 16.5. The maximum absolute atomic E-state index is 5.45. The van der Waals surface area contributed by atoms with Crippen LogP contribution in [0.5, 0.6) is 5.75 Å². The number of rotatable bonds is 6. The molecule has 1 aromatic carbocycles. The lowest BCUT2D eigenvalue weighted by Crippen LogP contribution is -2.29.